The van der Waals surface area contributed by atoms with E-state index in [0.29, 0.717) is 39.1 Å². The van der Waals surface area contributed by atoms with Crippen molar-refractivity contribution >= 4 is 15.9 Å². The first kappa shape index (κ1) is 22.3. The van der Waals surface area contributed by atoms with Crippen molar-refractivity contribution < 1.29 is 17.9 Å². The number of carbonyl (C=O) groups is 1. The average Bonchev–Trinajstić information content (AvgIpc) is 2.75. The third-order valence-corrected chi connectivity index (χ3v) is 7.35. The van der Waals surface area contributed by atoms with Crippen LogP contribution in [-0.2, 0) is 27.1 Å². The lowest BCUT2D eigenvalue weighted by Gasteiger charge is -2.30. The van der Waals surface area contributed by atoms with Crippen molar-refractivity contribution in [2.24, 2.45) is 5.92 Å². The number of rotatable bonds is 8. The van der Waals surface area contributed by atoms with Crippen LogP contribution >= 0.6 is 0 Å². The molecular formula is C23H30N2O4S. The predicted molar refractivity (Wildman–Crippen MR) is 118 cm³/mol. The van der Waals surface area contributed by atoms with Crippen molar-refractivity contribution in [1.82, 2.24) is 9.62 Å². The smallest absolute Gasteiger partial charge is 0.223 e. The number of aryl methyl sites for hydroxylation is 1. The third kappa shape index (κ3) is 5.83. The van der Waals surface area contributed by atoms with Gasteiger partial charge in [-0.3, -0.25) is 4.79 Å². The fourth-order valence-electron chi connectivity index (χ4n) is 3.66. The molecule has 7 heteroatoms. The SMILES string of the molecule is CCOc1ccc(CNC(=O)C2CCN(S(=O)(=O)Cc3ccccc3C)CC2)cc1. The molecule has 0 aromatic heterocycles. The number of carbonyl (C=O) groups excluding carboxylic acids is 1. The number of nitrogens with one attached hydrogen (secondary N) is 1. The second-order valence-corrected chi connectivity index (χ2v) is 9.62. The molecule has 0 atom stereocenters. The highest BCUT2D eigenvalue weighted by molar-refractivity contribution is 7.88. The fourth-order valence-corrected chi connectivity index (χ4v) is 5.33. The molecule has 1 saturated heterocycles. The lowest BCUT2D eigenvalue weighted by Crippen LogP contribution is -2.43. The Bertz CT molecular complexity index is 949. The number of piperidine rings is 1. The van der Waals surface area contributed by atoms with E-state index in [9.17, 15) is 13.2 Å². The minimum atomic E-state index is -3.38. The van der Waals surface area contributed by atoms with Gasteiger partial charge in [0.05, 0.1) is 12.4 Å². The van der Waals surface area contributed by atoms with Gasteiger partial charge in [-0.2, -0.15) is 0 Å². The lowest BCUT2D eigenvalue weighted by molar-refractivity contribution is -0.126. The Morgan fingerprint density at radius 1 is 1.10 bits per heavy atom. The molecule has 1 amide bonds. The van der Waals surface area contributed by atoms with Gasteiger partial charge in [0.15, 0.2) is 0 Å². The maximum absolute atomic E-state index is 12.8. The van der Waals surface area contributed by atoms with Crippen molar-refractivity contribution in [2.75, 3.05) is 19.7 Å². The molecular weight excluding hydrogens is 400 g/mol. The number of nitrogens with zero attached hydrogens (tertiary/aromatic N) is 1. The van der Waals surface area contributed by atoms with Crippen LogP contribution in [0.25, 0.3) is 0 Å². The number of amides is 1. The van der Waals surface area contributed by atoms with E-state index in [4.69, 9.17) is 4.74 Å². The Morgan fingerprint density at radius 2 is 1.77 bits per heavy atom. The van der Waals surface area contributed by atoms with Gasteiger partial charge >= 0.3 is 0 Å². The molecule has 1 aliphatic heterocycles. The largest absolute Gasteiger partial charge is 0.494 e. The van der Waals surface area contributed by atoms with Crippen molar-refractivity contribution in [1.29, 1.82) is 0 Å². The minimum absolute atomic E-state index is 0.00821. The predicted octanol–water partition coefficient (Wildman–Crippen LogP) is 3.25. The van der Waals surface area contributed by atoms with Gasteiger partial charge in [0, 0.05) is 25.6 Å². The number of benzene rings is 2. The van der Waals surface area contributed by atoms with Crippen LogP contribution in [0.4, 0.5) is 0 Å². The van der Waals surface area contributed by atoms with Crippen molar-refractivity contribution in [3.05, 3.63) is 65.2 Å². The number of hydrogen-bond donors (Lipinski definition) is 1. The molecule has 0 unspecified atom stereocenters. The summed E-state index contributed by atoms with van der Waals surface area (Å²) in [6, 6.07) is 15.2. The zero-order chi connectivity index (χ0) is 21.6. The monoisotopic (exact) mass is 430 g/mol. The van der Waals surface area contributed by atoms with Crippen molar-refractivity contribution in [2.45, 2.75) is 39.0 Å². The topological polar surface area (TPSA) is 75.7 Å². The van der Waals surface area contributed by atoms with Gasteiger partial charge in [-0.05, 0) is 55.5 Å². The molecule has 2 aromatic rings. The summed E-state index contributed by atoms with van der Waals surface area (Å²) in [7, 11) is -3.38. The van der Waals surface area contributed by atoms with E-state index < -0.39 is 10.0 Å². The molecule has 0 spiro atoms. The van der Waals surface area contributed by atoms with Crippen molar-refractivity contribution in [3.63, 3.8) is 0 Å². The van der Waals surface area contributed by atoms with E-state index in [1.807, 2.05) is 62.4 Å². The Labute approximate surface area is 179 Å². The summed E-state index contributed by atoms with van der Waals surface area (Å²) < 4.78 is 32.5. The van der Waals surface area contributed by atoms with Gasteiger partial charge in [-0.15, -0.1) is 0 Å². The van der Waals surface area contributed by atoms with Crippen LogP contribution in [0.2, 0.25) is 0 Å². The summed E-state index contributed by atoms with van der Waals surface area (Å²) in [4.78, 5) is 12.5. The molecule has 1 heterocycles. The molecule has 2 aromatic carbocycles. The summed E-state index contributed by atoms with van der Waals surface area (Å²) in [5.74, 6) is 0.651. The Balaban J connectivity index is 1.48. The minimum Gasteiger partial charge on any atom is -0.494 e. The molecule has 3 rings (SSSR count). The Kier molecular flexibility index (Phi) is 7.50. The summed E-state index contributed by atoms with van der Waals surface area (Å²) in [6.07, 6.45) is 1.09. The second kappa shape index (κ2) is 10.1. The van der Waals surface area contributed by atoms with Crippen LogP contribution in [0, 0.1) is 12.8 Å². The molecule has 162 valence electrons. The lowest BCUT2D eigenvalue weighted by atomic mass is 9.97. The van der Waals surface area contributed by atoms with Crippen LogP contribution in [-0.4, -0.2) is 38.3 Å². The highest BCUT2D eigenvalue weighted by Gasteiger charge is 2.31. The molecule has 0 aliphatic carbocycles. The molecule has 0 radical (unpaired) electrons. The van der Waals surface area contributed by atoms with Gasteiger partial charge in [-0.25, -0.2) is 12.7 Å². The highest BCUT2D eigenvalue weighted by Crippen LogP contribution is 2.23. The van der Waals surface area contributed by atoms with E-state index in [0.717, 1.165) is 22.4 Å². The van der Waals surface area contributed by atoms with Crippen molar-refractivity contribution in [3.8, 4) is 5.75 Å². The van der Waals surface area contributed by atoms with Gasteiger partial charge in [0.1, 0.15) is 5.75 Å². The second-order valence-electron chi connectivity index (χ2n) is 7.65. The average molecular weight is 431 g/mol. The quantitative estimate of drug-likeness (QED) is 0.698. The summed E-state index contributed by atoms with van der Waals surface area (Å²) in [5.41, 5.74) is 2.81. The maximum Gasteiger partial charge on any atom is 0.223 e. The van der Waals surface area contributed by atoms with Crippen LogP contribution in [0.15, 0.2) is 48.5 Å². The Morgan fingerprint density at radius 3 is 2.40 bits per heavy atom. The van der Waals surface area contributed by atoms with Crippen LogP contribution < -0.4 is 10.1 Å². The van der Waals surface area contributed by atoms with E-state index in [-0.39, 0.29) is 17.6 Å². The van der Waals surface area contributed by atoms with Crippen LogP contribution in [0.3, 0.4) is 0 Å². The number of sulfonamides is 1. The molecule has 0 saturated carbocycles. The maximum atomic E-state index is 12.8. The normalized spacial score (nSPS) is 15.7. The van der Waals surface area contributed by atoms with Gasteiger partial charge in [0.2, 0.25) is 15.9 Å². The molecule has 30 heavy (non-hydrogen) atoms. The first-order valence-corrected chi connectivity index (χ1v) is 12.0. The molecule has 0 bridgehead atoms. The van der Waals surface area contributed by atoms with E-state index in [1.54, 1.807) is 0 Å². The first-order valence-electron chi connectivity index (χ1n) is 10.4. The highest BCUT2D eigenvalue weighted by atomic mass is 32.2. The van der Waals surface area contributed by atoms with Crippen LogP contribution in [0.1, 0.15) is 36.5 Å². The zero-order valence-electron chi connectivity index (χ0n) is 17.6. The molecule has 6 nitrogen and oxygen atoms in total. The number of ether oxygens (including phenoxy) is 1. The molecule has 1 fully saturated rings. The third-order valence-electron chi connectivity index (χ3n) is 5.52. The summed E-state index contributed by atoms with van der Waals surface area (Å²) >= 11 is 0. The first-order chi connectivity index (χ1) is 14.4. The van der Waals surface area contributed by atoms with Gasteiger partial charge < -0.3 is 10.1 Å². The molecule has 1 aliphatic rings. The fraction of sp³-hybridized carbons (Fsp3) is 0.435. The van der Waals surface area contributed by atoms with Crippen LogP contribution in [0.5, 0.6) is 5.75 Å². The van der Waals surface area contributed by atoms with Gasteiger partial charge in [0.25, 0.3) is 0 Å². The Hall–Kier alpha value is -2.38. The summed E-state index contributed by atoms with van der Waals surface area (Å²) in [5, 5.41) is 2.97. The molecule has 1 N–H and O–H groups in total. The van der Waals surface area contributed by atoms with E-state index in [1.165, 1.54) is 4.31 Å². The zero-order valence-corrected chi connectivity index (χ0v) is 18.5. The standard InChI is InChI=1S/C23H30N2O4S/c1-3-29-22-10-8-19(9-11-22)16-24-23(26)20-12-14-25(15-13-20)30(27,28)17-21-7-5-4-6-18(21)2/h4-11,20H,3,12-17H2,1-2H3,(H,24,26). The summed E-state index contributed by atoms with van der Waals surface area (Å²) in [6.45, 7) is 5.70. The van der Waals surface area contributed by atoms with Gasteiger partial charge in [-0.1, -0.05) is 36.4 Å². The van der Waals surface area contributed by atoms with E-state index >= 15 is 0 Å². The van der Waals surface area contributed by atoms with E-state index in [2.05, 4.69) is 5.32 Å². The number of hydrogen-bond acceptors (Lipinski definition) is 4.